The Labute approximate surface area is 79.7 Å². The van der Waals surface area contributed by atoms with Crippen molar-refractivity contribution >= 4 is 12.4 Å². The highest BCUT2D eigenvalue weighted by molar-refractivity contribution is 5.85. The summed E-state index contributed by atoms with van der Waals surface area (Å²) in [6.07, 6.45) is 1.75. The number of aryl methyl sites for hydroxylation is 1. The minimum atomic E-state index is -0.0313. The molecule has 2 N–H and O–H groups in total. The molecular weight excluding hydrogens is 170 g/mol. The van der Waals surface area contributed by atoms with E-state index in [0.29, 0.717) is 0 Å². The summed E-state index contributed by atoms with van der Waals surface area (Å²) in [7, 11) is 0. The quantitative estimate of drug-likeness (QED) is 0.701. The first-order chi connectivity index (χ1) is 5.25. The van der Waals surface area contributed by atoms with Crippen LogP contribution in [-0.4, -0.2) is 0 Å². The molecule has 1 nitrogen and oxygen atoms in total. The fraction of sp³-hybridized carbons (Fsp3) is 0.200. The SMILES string of the molecule is C=C[C@H](N)c1ccccc1C.Cl. The Bertz CT molecular complexity index is 258. The minimum Gasteiger partial charge on any atom is -0.321 e. The van der Waals surface area contributed by atoms with E-state index in [1.54, 1.807) is 6.08 Å². The van der Waals surface area contributed by atoms with Crippen LogP contribution in [0.15, 0.2) is 36.9 Å². The highest BCUT2D eigenvalue weighted by Gasteiger charge is 2.01. The average Bonchev–Trinajstić information content (AvgIpc) is 2.04. The van der Waals surface area contributed by atoms with Crippen molar-refractivity contribution in [2.75, 3.05) is 0 Å². The fourth-order valence-corrected chi connectivity index (χ4v) is 1.09. The van der Waals surface area contributed by atoms with Crippen LogP contribution in [0.1, 0.15) is 17.2 Å². The van der Waals surface area contributed by atoms with Crippen LogP contribution < -0.4 is 5.73 Å². The van der Waals surface area contributed by atoms with E-state index in [9.17, 15) is 0 Å². The second-order valence-corrected chi connectivity index (χ2v) is 2.62. The number of rotatable bonds is 2. The maximum Gasteiger partial charge on any atom is 0.0481 e. The van der Waals surface area contributed by atoms with Crippen molar-refractivity contribution in [2.24, 2.45) is 5.73 Å². The molecule has 0 saturated heterocycles. The van der Waals surface area contributed by atoms with E-state index in [2.05, 4.69) is 19.6 Å². The highest BCUT2D eigenvalue weighted by Crippen LogP contribution is 2.14. The molecule has 2 heteroatoms. The molecule has 0 aliphatic carbocycles. The van der Waals surface area contributed by atoms with E-state index >= 15 is 0 Å². The summed E-state index contributed by atoms with van der Waals surface area (Å²) in [5.74, 6) is 0. The molecule has 0 aromatic heterocycles. The second kappa shape index (κ2) is 4.96. The highest BCUT2D eigenvalue weighted by atomic mass is 35.5. The molecule has 1 rings (SSSR count). The lowest BCUT2D eigenvalue weighted by atomic mass is 10.0. The lowest BCUT2D eigenvalue weighted by molar-refractivity contribution is 0.902. The van der Waals surface area contributed by atoms with E-state index in [1.165, 1.54) is 5.56 Å². The van der Waals surface area contributed by atoms with Crippen LogP contribution in [-0.2, 0) is 0 Å². The average molecular weight is 184 g/mol. The predicted molar refractivity (Wildman–Crippen MR) is 55.6 cm³/mol. The topological polar surface area (TPSA) is 26.0 Å². The standard InChI is InChI=1S/C10H13N.ClH/c1-3-10(11)9-7-5-4-6-8(9)2;/h3-7,10H,1,11H2,2H3;1H/t10-;/m0./s1. The summed E-state index contributed by atoms with van der Waals surface area (Å²) in [5.41, 5.74) is 8.15. The first-order valence-electron chi connectivity index (χ1n) is 3.69. The maximum atomic E-state index is 5.78. The third kappa shape index (κ3) is 2.36. The van der Waals surface area contributed by atoms with E-state index in [1.807, 2.05) is 18.2 Å². The molecule has 0 radical (unpaired) electrons. The van der Waals surface area contributed by atoms with Gasteiger partial charge in [-0.3, -0.25) is 0 Å². The molecule has 0 heterocycles. The van der Waals surface area contributed by atoms with Crippen LogP contribution in [0.5, 0.6) is 0 Å². The molecule has 0 aliphatic heterocycles. The van der Waals surface area contributed by atoms with Gasteiger partial charge in [-0.15, -0.1) is 19.0 Å². The van der Waals surface area contributed by atoms with Crippen LogP contribution in [0.4, 0.5) is 0 Å². The van der Waals surface area contributed by atoms with Crippen LogP contribution in [0.2, 0.25) is 0 Å². The Balaban J connectivity index is 0.00000121. The van der Waals surface area contributed by atoms with Gasteiger partial charge in [-0.05, 0) is 18.1 Å². The maximum absolute atomic E-state index is 5.78. The summed E-state index contributed by atoms with van der Waals surface area (Å²) in [5, 5.41) is 0. The molecule has 0 amide bonds. The summed E-state index contributed by atoms with van der Waals surface area (Å²) >= 11 is 0. The lowest BCUT2D eigenvalue weighted by Crippen LogP contribution is -2.07. The van der Waals surface area contributed by atoms with Gasteiger partial charge in [0.1, 0.15) is 0 Å². The van der Waals surface area contributed by atoms with Gasteiger partial charge in [0.25, 0.3) is 0 Å². The Morgan fingerprint density at radius 1 is 1.42 bits per heavy atom. The molecule has 1 atom stereocenters. The van der Waals surface area contributed by atoms with Crippen LogP contribution in [0.25, 0.3) is 0 Å². The number of hydrogen-bond donors (Lipinski definition) is 1. The van der Waals surface area contributed by atoms with Gasteiger partial charge in [0, 0.05) is 6.04 Å². The van der Waals surface area contributed by atoms with Crippen LogP contribution in [0.3, 0.4) is 0 Å². The van der Waals surface area contributed by atoms with Crippen molar-refractivity contribution in [3.05, 3.63) is 48.0 Å². The van der Waals surface area contributed by atoms with Gasteiger partial charge in [0.2, 0.25) is 0 Å². The second-order valence-electron chi connectivity index (χ2n) is 2.62. The number of benzene rings is 1. The zero-order valence-corrected chi connectivity index (χ0v) is 7.97. The smallest absolute Gasteiger partial charge is 0.0481 e. The monoisotopic (exact) mass is 183 g/mol. The molecule has 0 fully saturated rings. The molecule has 12 heavy (non-hydrogen) atoms. The summed E-state index contributed by atoms with van der Waals surface area (Å²) < 4.78 is 0. The Morgan fingerprint density at radius 2 is 2.00 bits per heavy atom. The molecule has 0 unspecified atom stereocenters. The first-order valence-corrected chi connectivity index (χ1v) is 3.69. The van der Waals surface area contributed by atoms with E-state index < -0.39 is 0 Å². The third-order valence-electron chi connectivity index (χ3n) is 1.80. The van der Waals surface area contributed by atoms with Crippen molar-refractivity contribution < 1.29 is 0 Å². The molecule has 0 bridgehead atoms. The van der Waals surface area contributed by atoms with E-state index in [4.69, 9.17) is 5.73 Å². The van der Waals surface area contributed by atoms with Gasteiger partial charge in [0.15, 0.2) is 0 Å². The zero-order valence-electron chi connectivity index (χ0n) is 7.16. The van der Waals surface area contributed by atoms with Gasteiger partial charge < -0.3 is 5.73 Å². The van der Waals surface area contributed by atoms with Crippen molar-refractivity contribution in [2.45, 2.75) is 13.0 Å². The molecule has 66 valence electrons. The van der Waals surface area contributed by atoms with Crippen molar-refractivity contribution in [1.82, 2.24) is 0 Å². The molecule has 1 aromatic rings. The largest absolute Gasteiger partial charge is 0.321 e. The van der Waals surface area contributed by atoms with Gasteiger partial charge in [-0.2, -0.15) is 0 Å². The van der Waals surface area contributed by atoms with Crippen LogP contribution in [0, 0.1) is 6.92 Å². The van der Waals surface area contributed by atoms with Crippen molar-refractivity contribution in [1.29, 1.82) is 0 Å². The predicted octanol–water partition coefficient (Wildman–Crippen LogP) is 2.60. The molecule has 0 aliphatic rings. The summed E-state index contributed by atoms with van der Waals surface area (Å²) in [6, 6.07) is 8.05. The Kier molecular flexibility index (Phi) is 4.64. The summed E-state index contributed by atoms with van der Waals surface area (Å²) in [4.78, 5) is 0. The number of nitrogens with two attached hydrogens (primary N) is 1. The normalized spacial score (nSPS) is 11.5. The number of halogens is 1. The molecule has 0 spiro atoms. The van der Waals surface area contributed by atoms with Gasteiger partial charge in [-0.1, -0.05) is 30.3 Å². The first kappa shape index (κ1) is 11.2. The zero-order chi connectivity index (χ0) is 8.27. The Hall–Kier alpha value is -0.790. The van der Waals surface area contributed by atoms with Crippen molar-refractivity contribution in [3.8, 4) is 0 Å². The van der Waals surface area contributed by atoms with E-state index in [-0.39, 0.29) is 18.4 Å². The fourth-order valence-electron chi connectivity index (χ4n) is 1.09. The van der Waals surface area contributed by atoms with Gasteiger partial charge in [0.05, 0.1) is 0 Å². The molecular formula is C10H14ClN. The van der Waals surface area contributed by atoms with Crippen LogP contribution >= 0.6 is 12.4 Å². The van der Waals surface area contributed by atoms with Crippen molar-refractivity contribution in [3.63, 3.8) is 0 Å². The Morgan fingerprint density at radius 3 is 2.50 bits per heavy atom. The van der Waals surface area contributed by atoms with Gasteiger partial charge >= 0.3 is 0 Å². The molecule has 0 saturated carbocycles. The lowest BCUT2D eigenvalue weighted by Gasteiger charge is -2.08. The summed E-state index contributed by atoms with van der Waals surface area (Å²) in [6.45, 7) is 5.71. The van der Waals surface area contributed by atoms with Gasteiger partial charge in [-0.25, -0.2) is 0 Å². The third-order valence-corrected chi connectivity index (χ3v) is 1.80. The molecule has 1 aromatic carbocycles. The minimum absolute atomic E-state index is 0. The van der Waals surface area contributed by atoms with E-state index in [0.717, 1.165) is 5.56 Å². The number of hydrogen-bond acceptors (Lipinski definition) is 1.